The van der Waals surface area contributed by atoms with Crippen LogP contribution >= 0.6 is 0 Å². The second kappa shape index (κ2) is 10.2. The second-order valence-corrected chi connectivity index (χ2v) is 9.29. The number of hydrogen-bond donors (Lipinski definition) is 3. The van der Waals surface area contributed by atoms with Crippen molar-refractivity contribution in [3.8, 4) is 17.1 Å². The lowest BCUT2D eigenvalue weighted by Crippen LogP contribution is -2.18. The summed E-state index contributed by atoms with van der Waals surface area (Å²) in [5, 5.41) is 3.61. The van der Waals surface area contributed by atoms with E-state index in [0.29, 0.717) is 17.1 Å². The van der Waals surface area contributed by atoms with Gasteiger partial charge in [0.1, 0.15) is 11.4 Å². The number of H-pyrrole nitrogens is 2. The minimum atomic E-state index is -0.218. The topological polar surface area (TPSA) is 104 Å². The molecule has 0 aliphatic heterocycles. The highest BCUT2D eigenvalue weighted by Gasteiger charge is 2.20. The first-order chi connectivity index (χ1) is 18.7. The van der Waals surface area contributed by atoms with Crippen LogP contribution in [0.1, 0.15) is 29.3 Å². The molecule has 6 aromatic rings. The molecule has 4 aromatic heterocycles. The lowest BCUT2D eigenvalue weighted by molar-refractivity contribution is 0.674. The van der Waals surface area contributed by atoms with Crippen LogP contribution in [0.5, 0.6) is 0 Å². The summed E-state index contributed by atoms with van der Waals surface area (Å²) >= 11 is 0. The maximum Gasteiger partial charge on any atom is 0.261 e. The van der Waals surface area contributed by atoms with Crippen LogP contribution in [0.25, 0.3) is 28.1 Å². The van der Waals surface area contributed by atoms with E-state index in [9.17, 15) is 4.79 Å². The van der Waals surface area contributed by atoms with Gasteiger partial charge >= 0.3 is 0 Å². The normalized spacial score (nSPS) is 12.0. The molecule has 0 spiro atoms. The number of pyridine rings is 2. The Morgan fingerprint density at radius 2 is 1.89 bits per heavy atom. The first-order valence-electron chi connectivity index (χ1n) is 12.6. The van der Waals surface area contributed by atoms with Gasteiger partial charge in [-0.1, -0.05) is 36.4 Å². The number of rotatable bonds is 8. The fraction of sp³-hybridized carbons (Fsp3) is 0.133. The van der Waals surface area contributed by atoms with Crippen molar-refractivity contribution in [2.24, 2.45) is 0 Å². The van der Waals surface area contributed by atoms with Crippen LogP contribution in [0.15, 0.2) is 103 Å². The zero-order valence-corrected chi connectivity index (χ0v) is 20.9. The first kappa shape index (κ1) is 23.4. The molecule has 0 radical (unpaired) electrons. The molecule has 1 atom stereocenters. The molecule has 4 heterocycles. The molecule has 2 aromatic carbocycles. The molecule has 0 bridgehead atoms. The van der Waals surface area contributed by atoms with Gasteiger partial charge in [0, 0.05) is 30.5 Å². The van der Waals surface area contributed by atoms with Gasteiger partial charge in [0.2, 0.25) is 0 Å². The maximum absolute atomic E-state index is 13.2. The monoisotopic (exact) mass is 501 g/mol. The van der Waals surface area contributed by atoms with E-state index in [0.717, 1.165) is 40.8 Å². The molecule has 0 amide bonds. The molecule has 1 unspecified atom stereocenters. The van der Waals surface area contributed by atoms with Crippen molar-refractivity contribution in [3.63, 3.8) is 0 Å². The number of nitrogens with zero attached hydrogens (tertiary/aromatic N) is 4. The van der Waals surface area contributed by atoms with Crippen molar-refractivity contribution in [3.05, 3.63) is 125 Å². The number of imidazole rings is 2. The third kappa shape index (κ3) is 4.71. The van der Waals surface area contributed by atoms with Crippen LogP contribution in [0.2, 0.25) is 0 Å². The smallest absolute Gasteiger partial charge is 0.261 e. The predicted molar refractivity (Wildman–Crippen MR) is 149 cm³/mol. The van der Waals surface area contributed by atoms with Gasteiger partial charge < -0.3 is 19.9 Å². The van der Waals surface area contributed by atoms with Crippen molar-refractivity contribution in [2.75, 3.05) is 5.32 Å². The van der Waals surface area contributed by atoms with E-state index < -0.39 is 0 Å². The minimum Gasteiger partial charge on any atom is -0.376 e. The first-order valence-corrected chi connectivity index (χ1v) is 12.6. The number of nitrogens with one attached hydrogen (secondary N) is 3. The maximum atomic E-state index is 13.2. The van der Waals surface area contributed by atoms with Gasteiger partial charge in [-0.15, -0.1) is 0 Å². The van der Waals surface area contributed by atoms with Crippen LogP contribution in [-0.4, -0.2) is 29.5 Å². The quantitative estimate of drug-likeness (QED) is 0.252. The highest BCUT2D eigenvalue weighted by Crippen LogP contribution is 2.30. The summed E-state index contributed by atoms with van der Waals surface area (Å²) in [5.74, 6) is 0.512. The highest BCUT2D eigenvalue weighted by atomic mass is 16.1. The Morgan fingerprint density at radius 3 is 2.68 bits per heavy atom. The fourth-order valence-corrected chi connectivity index (χ4v) is 4.80. The van der Waals surface area contributed by atoms with Crippen molar-refractivity contribution in [1.82, 2.24) is 29.5 Å². The van der Waals surface area contributed by atoms with Crippen LogP contribution in [0.3, 0.4) is 0 Å². The Labute approximate surface area is 219 Å². The third-order valence-electron chi connectivity index (χ3n) is 6.70. The van der Waals surface area contributed by atoms with Crippen LogP contribution in [-0.2, 0) is 6.42 Å². The lowest BCUT2D eigenvalue weighted by Gasteiger charge is -2.21. The van der Waals surface area contributed by atoms with Crippen molar-refractivity contribution in [1.29, 1.82) is 0 Å². The van der Waals surface area contributed by atoms with E-state index in [4.69, 9.17) is 4.98 Å². The zero-order valence-electron chi connectivity index (χ0n) is 20.9. The molecule has 3 N–H and O–H groups in total. The molecule has 0 fully saturated rings. The van der Waals surface area contributed by atoms with Gasteiger partial charge in [0.05, 0.1) is 34.8 Å². The number of anilines is 1. The Kier molecular flexibility index (Phi) is 6.27. The fourth-order valence-electron chi connectivity index (χ4n) is 4.80. The Balaban J connectivity index is 1.38. The van der Waals surface area contributed by atoms with Gasteiger partial charge in [-0.3, -0.25) is 9.78 Å². The van der Waals surface area contributed by atoms with E-state index >= 15 is 0 Å². The Bertz CT molecular complexity index is 1720. The second-order valence-electron chi connectivity index (χ2n) is 9.29. The van der Waals surface area contributed by atoms with E-state index in [1.807, 2.05) is 54.1 Å². The van der Waals surface area contributed by atoms with E-state index in [2.05, 4.69) is 55.6 Å². The summed E-state index contributed by atoms with van der Waals surface area (Å²) < 4.78 is 1.94. The standard InChI is InChI=1S/C30H27N7O/c1-20-17-22(37-16-15-31-19-37)18-26-28(20)36-29(35-26)27-25(12-14-33-30(27)38)34-24(23-9-5-6-13-32-23)11-10-21-7-3-2-4-8-21/h2-9,12-19,24H,10-11H2,1H3,(H,35,36)(H2,33,34,38). The van der Waals surface area contributed by atoms with Gasteiger partial charge in [0.25, 0.3) is 5.56 Å². The summed E-state index contributed by atoms with van der Waals surface area (Å²) in [5.41, 5.74) is 6.76. The number of fused-ring (bicyclic) bond motifs is 1. The largest absolute Gasteiger partial charge is 0.376 e. The van der Waals surface area contributed by atoms with Gasteiger partial charge in [-0.05, 0) is 61.2 Å². The molecule has 8 heteroatoms. The summed E-state index contributed by atoms with van der Waals surface area (Å²) in [6.45, 7) is 2.02. The van der Waals surface area contributed by atoms with E-state index in [1.54, 1.807) is 24.9 Å². The number of aryl methyl sites for hydroxylation is 2. The molecular weight excluding hydrogens is 474 g/mol. The third-order valence-corrected chi connectivity index (χ3v) is 6.70. The molecule has 8 nitrogen and oxygen atoms in total. The average Bonchev–Trinajstić information content (AvgIpc) is 3.63. The van der Waals surface area contributed by atoms with Crippen LogP contribution in [0, 0.1) is 6.92 Å². The minimum absolute atomic E-state index is 0.101. The SMILES string of the molecule is Cc1cc(-n2ccnc2)cc2[nH]c(-c3c(NC(CCc4ccccc4)c4ccccn4)cc[nH]c3=O)nc12. The van der Waals surface area contributed by atoms with Crippen LogP contribution < -0.4 is 10.9 Å². The van der Waals surface area contributed by atoms with Crippen molar-refractivity contribution in [2.45, 2.75) is 25.8 Å². The molecule has 0 saturated carbocycles. The summed E-state index contributed by atoms with van der Waals surface area (Å²) in [7, 11) is 0. The molecule has 38 heavy (non-hydrogen) atoms. The highest BCUT2D eigenvalue weighted by molar-refractivity contribution is 5.86. The van der Waals surface area contributed by atoms with Gasteiger partial charge in [0.15, 0.2) is 0 Å². The lowest BCUT2D eigenvalue weighted by atomic mass is 10.0. The summed E-state index contributed by atoms with van der Waals surface area (Å²) in [4.78, 5) is 33.0. The molecule has 188 valence electrons. The average molecular weight is 502 g/mol. The number of benzene rings is 2. The number of aromatic amines is 2. The van der Waals surface area contributed by atoms with Crippen molar-refractivity contribution >= 4 is 16.7 Å². The Hall–Kier alpha value is -4.98. The summed E-state index contributed by atoms with van der Waals surface area (Å²) in [6, 6.07) is 22.1. The van der Waals surface area contributed by atoms with E-state index in [1.165, 1.54) is 5.56 Å². The molecular formula is C30H27N7O. The zero-order chi connectivity index (χ0) is 25.9. The van der Waals surface area contributed by atoms with Gasteiger partial charge in [-0.2, -0.15) is 0 Å². The molecule has 6 rings (SSSR count). The molecule has 0 saturated heterocycles. The number of hydrogen-bond acceptors (Lipinski definition) is 5. The predicted octanol–water partition coefficient (Wildman–Crippen LogP) is 5.59. The van der Waals surface area contributed by atoms with Crippen molar-refractivity contribution < 1.29 is 0 Å². The number of aromatic nitrogens is 6. The van der Waals surface area contributed by atoms with Gasteiger partial charge in [-0.25, -0.2) is 9.97 Å². The molecule has 0 aliphatic carbocycles. The Morgan fingerprint density at radius 1 is 1.03 bits per heavy atom. The summed E-state index contributed by atoms with van der Waals surface area (Å²) in [6.07, 6.45) is 10.5. The van der Waals surface area contributed by atoms with Crippen LogP contribution in [0.4, 0.5) is 5.69 Å². The molecule has 0 aliphatic rings. The van der Waals surface area contributed by atoms with E-state index in [-0.39, 0.29) is 11.6 Å².